The fourth-order valence-electron chi connectivity index (χ4n) is 6.41. The zero-order chi connectivity index (χ0) is 38.0. The number of amides is 4. The molecule has 1 aromatic carbocycles. The second kappa shape index (κ2) is 15.6. The SMILES string of the molecule is Cc1ncsc1-c1ccc([C@H](C)NC(=O)[C@@H]2C[C@@H](O)CN2C(=O)[C@@H](NC(=O)c2ccnc(N3CCN(C(=O)OC(C)(C)C)CC3)c2)C(C)(C)C)cc1. The monoisotopic (exact) mass is 733 g/mol. The molecule has 52 heavy (non-hydrogen) atoms. The summed E-state index contributed by atoms with van der Waals surface area (Å²) in [6, 6.07) is 8.95. The van der Waals surface area contributed by atoms with Gasteiger partial charge in [0.25, 0.3) is 5.91 Å². The number of nitrogens with zero attached hydrogens (tertiary/aromatic N) is 5. The van der Waals surface area contributed by atoms with E-state index in [-0.39, 0.29) is 31.0 Å². The highest BCUT2D eigenvalue weighted by Crippen LogP contribution is 2.30. The minimum absolute atomic E-state index is 0.0225. The Morgan fingerprint density at radius 3 is 2.23 bits per heavy atom. The first-order chi connectivity index (χ1) is 24.4. The molecule has 0 saturated carbocycles. The molecule has 14 heteroatoms. The van der Waals surface area contributed by atoms with E-state index in [1.165, 1.54) is 4.90 Å². The number of piperazine rings is 1. The van der Waals surface area contributed by atoms with Crippen LogP contribution in [0.2, 0.25) is 0 Å². The van der Waals surface area contributed by atoms with Gasteiger partial charge in [0, 0.05) is 50.9 Å². The number of carbonyl (C=O) groups excluding carboxylic acids is 4. The number of carbonyl (C=O) groups is 4. The molecule has 13 nitrogen and oxygen atoms in total. The Morgan fingerprint density at radius 1 is 0.962 bits per heavy atom. The summed E-state index contributed by atoms with van der Waals surface area (Å²) >= 11 is 1.57. The molecule has 5 rings (SSSR count). The summed E-state index contributed by atoms with van der Waals surface area (Å²) in [6.45, 7) is 16.8. The number of rotatable bonds is 8. The third-order valence-corrected chi connectivity index (χ3v) is 10.3. The number of hydrogen-bond acceptors (Lipinski definition) is 10. The van der Waals surface area contributed by atoms with Crippen molar-refractivity contribution in [2.75, 3.05) is 37.6 Å². The minimum Gasteiger partial charge on any atom is -0.444 e. The molecule has 2 aliphatic heterocycles. The number of ether oxygens (including phenoxy) is 1. The number of hydrogen-bond donors (Lipinski definition) is 3. The molecule has 4 heterocycles. The summed E-state index contributed by atoms with van der Waals surface area (Å²) in [5.41, 5.74) is 3.75. The predicted molar refractivity (Wildman–Crippen MR) is 200 cm³/mol. The number of likely N-dealkylation sites (tertiary alicyclic amines) is 1. The van der Waals surface area contributed by atoms with Gasteiger partial charge in [-0.2, -0.15) is 0 Å². The topological polar surface area (TPSA) is 157 Å². The first kappa shape index (κ1) is 38.7. The zero-order valence-electron chi connectivity index (χ0n) is 31.3. The van der Waals surface area contributed by atoms with E-state index in [1.807, 2.05) is 90.1 Å². The molecular weight excluding hydrogens is 683 g/mol. The van der Waals surface area contributed by atoms with E-state index in [2.05, 4.69) is 20.6 Å². The first-order valence-electron chi connectivity index (χ1n) is 17.7. The van der Waals surface area contributed by atoms with E-state index in [0.717, 1.165) is 21.7 Å². The van der Waals surface area contributed by atoms with Gasteiger partial charge < -0.3 is 35.2 Å². The van der Waals surface area contributed by atoms with Crippen molar-refractivity contribution in [3.05, 3.63) is 64.9 Å². The molecule has 2 fully saturated rings. The number of aromatic nitrogens is 2. The average Bonchev–Trinajstić information content (AvgIpc) is 3.70. The number of aliphatic hydroxyl groups excluding tert-OH is 1. The predicted octanol–water partition coefficient (Wildman–Crippen LogP) is 4.55. The van der Waals surface area contributed by atoms with Crippen LogP contribution in [0.4, 0.5) is 10.6 Å². The lowest BCUT2D eigenvalue weighted by atomic mass is 9.85. The van der Waals surface area contributed by atoms with Crippen molar-refractivity contribution in [1.82, 2.24) is 30.4 Å². The second-order valence-electron chi connectivity index (χ2n) is 15.6. The molecule has 0 spiro atoms. The van der Waals surface area contributed by atoms with Crippen LogP contribution < -0.4 is 15.5 Å². The maximum Gasteiger partial charge on any atom is 0.410 e. The van der Waals surface area contributed by atoms with Crippen LogP contribution in [0.15, 0.2) is 48.1 Å². The zero-order valence-corrected chi connectivity index (χ0v) is 32.1. The van der Waals surface area contributed by atoms with Crippen molar-refractivity contribution in [1.29, 1.82) is 0 Å². The van der Waals surface area contributed by atoms with Crippen molar-refractivity contribution >= 4 is 41.0 Å². The normalized spacial score (nSPS) is 19.2. The van der Waals surface area contributed by atoms with Gasteiger partial charge in [-0.05, 0) is 63.3 Å². The molecule has 0 unspecified atom stereocenters. The summed E-state index contributed by atoms with van der Waals surface area (Å²) in [6.07, 6.45) is 0.392. The Balaban J connectivity index is 1.23. The lowest BCUT2D eigenvalue weighted by molar-refractivity contribution is -0.142. The molecular formula is C38H51N7O6S. The van der Waals surface area contributed by atoms with Gasteiger partial charge in [0.1, 0.15) is 23.5 Å². The van der Waals surface area contributed by atoms with Crippen LogP contribution in [0.25, 0.3) is 10.4 Å². The Labute approximate surface area is 309 Å². The van der Waals surface area contributed by atoms with E-state index in [4.69, 9.17) is 4.74 Å². The quantitative estimate of drug-likeness (QED) is 0.302. The Hall–Kier alpha value is -4.56. The van der Waals surface area contributed by atoms with Crippen molar-refractivity contribution in [2.24, 2.45) is 5.41 Å². The fourth-order valence-corrected chi connectivity index (χ4v) is 7.22. The summed E-state index contributed by atoms with van der Waals surface area (Å²) in [4.78, 5) is 69.0. The molecule has 2 aromatic heterocycles. The minimum atomic E-state index is -0.991. The molecule has 280 valence electrons. The van der Waals surface area contributed by atoms with Gasteiger partial charge >= 0.3 is 6.09 Å². The molecule has 4 atom stereocenters. The molecule has 3 aromatic rings. The average molecular weight is 734 g/mol. The number of benzene rings is 1. The fraction of sp³-hybridized carbons (Fsp3) is 0.526. The first-order valence-corrected chi connectivity index (χ1v) is 18.6. The van der Waals surface area contributed by atoms with Gasteiger partial charge in [-0.3, -0.25) is 14.4 Å². The summed E-state index contributed by atoms with van der Waals surface area (Å²) < 4.78 is 5.50. The van der Waals surface area contributed by atoms with Crippen LogP contribution in [-0.2, 0) is 14.3 Å². The van der Waals surface area contributed by atoms with E-state index in [1.54, 1.807) is 34.6 Å². The number of aliphatic hydroxyl groups is 1. The molecule has 0 aliphatic carbocycles. The number of pyridine rings is 1. The summed E-state index contributed by atoms with van der Waals surface area (Å²) in [5.74, 6) is -0.695. The van der Waals surface area contributed by atoms with Gasteiger partial charge in [-0.1, -0.05) is 45.0 Å². The Morgan fingerprint density at radius 2 is 1.63 bits per heavy atom. The van der Waals surface area contributed by atoms with Gasteiger partial charge in [0.05, 0.1) is 28.2 Å². The standard InChI is InChI=1S/C38H51N7O6S/c1-23(25-9-11-26(12-10-25)31-24(2)40-22-52-31)41-34(48)29-20-28(46)21-45(29)35(49)32(37(3,4)5)42-33(47)27-13-14-39-30(19-27)43-15-17-44(18-16-43)36(50)51-38(6,7)8/h9-14,19,22-23,28-29,32,46H,15-18,20-21H2,1-8H3,(H,41,48)(H,42,47)/t23-,28+,29-,32+/m0/s1. The number of aryl methyl sites for hydroxylation is 1. The van der Waals surface area contributed by atoms with Crippen LogP contribution >= 0.6 is 11.3 Å². The van der Waals surface area contributed by atoms with Gasteiger partial charge in [-0.15, -0.1) is 11.3 Å². The molecule has 2 aliphatic rings. The van der Waals surface area contributed by atoms with Crippen molar-refractivity contribution in [2.45, 2.75) is 91.6 Å². The number of anilines is 1. The number of nitrogens with one attached hydrogen (secondary N) is 2. The van der Waals surface area contributed by atoms with Crippen LogP contribution in [0.1, 0.15) is 82.5 Å². The van der Waals surface area contributed by atoms with E-state index in [0.29, 0.717) is 37.6 Å². The number of β-amino-alcohol motifs (C(OH)–C–C–N with tert-alkyl or cyclic N) is 1. The highest BCUT2D eigenvalue weighted by Gasteiger charge is 2.45. The maximum absolute atomic E-state index is 14.2. The third kappa shape index (κ3) is 9.26. The van der Waals surface area contributed by atoms with Gasteiger partial charge in [0.15, 0.2) is 0 Å². The van der Waals surface area contributed by atoms with Crippen LogP contribution in [-0.4, -0.2) is 105 Å². The lowest BCUT2D eigenvalue weighted by Gasteiger charge is -2.36. The van der Waals surface area contributed by atoms with Crippen molar-refractivity contribution < 1.29 is 29.0 Å². The molecule has 0 bridgehead atoms. The van der Waals surface area contributed by atoms with E-state index >= 15 is 0 Å². The van der Waals surface area contributed by atoms with Gasteiger partial charge in [-0.25, -0.2) is 14.8 Å². The summed E-state index contributed by atoms with van der Waals surface area (Å²) in [7, 11) is 0. The molecule has 4 amide bonds. The van der Waals surface area contributed by atoms with E-state index < -0.39 is 41.0 Å². The van der Waals surface area contributed by atoms with Crippen molar-refractivity contribution in [3.63, 3.8) is 0 Å². The van der Waals surface area contributed by atoms with Crippen molar-refractivity contribution in [3.8, 4) is 10.4 Å². The smallest absolute Gasteiger partial charge is 0.410 e. The Bertz CT molecular complexity index is 1760. The largest absolute Gasteiger partial charge is 0.444 e. The highest BCUT2D eigenvalue weighted by atomic mass is 32.1. The van der Waals surface area contributed by atoms with Crippen LogP contribution in [0, 0.1) is 12.3 Å². The van der Waals surface area contributed by atoms with E-state index in [9.17, 15) is 24.3 Å². The van der Waals surface area contributed by atoms with Crippen LogP contribution in [0.5, 0.6) is 0 Å². The van der Waals surface area contributed by atoms with Crippen LogP contribution in [0.3, 0.4) is 0 Å². The molecule has 0 radical (unpaired) electrons. The molecule has 3 N–H and O–H groups in total. The summed E-state index contributed by atoms with van der Waals surface area (Å²) in [5, 5.41) is 16.6. The highest BCUT2D eigenvalue weighted by molar-refractivity contribution is 7.13. The number of thiazole rings is 1. The lowest BCUT2D eigenvalue weighted by Crippen LogP contribution is -2.57. The third-order valence-electron chi connectivity index (χ3n) is 9.29. The second-order valence-corrected chi connectivity index (χ2v) is 16.5. The Kier molecular flexibility index (Phi) is 11.6. The molecule has 2 saturated heterocycles. The maximum atomic E-state index is 14.2. The van der Waals surface area contributed by atoms with Gasteiger partial charge in [0.2, 0.25) is 11.8 Å².